The van der Waals surface area contributed by atoms with Gasteiger partial charge in [-0.3, -0.25) is 11.3 Å². The van der Waals surface area contributed by atoms with E-state index in [1.54, 1.807) is 6.07 Å². The van der Waals surface area contributed by atoms with E-state index >= 15 is 0 Å². The molecule has 1 rings (SSSR count). The summed E-state index contributed by atoms with van der Waals surface area (Å²) in [5.74, 6) is 5.97. The van der Waals surface area contributed by atoms with Crippen molar-refractivity contribution in [2.45, 2.75) is 39.2 Å². The molecular formula is C13H20BrFN2. The zero-order chi connectivity index (χ0) is 12.8. The van der Waals surface area contributed by atoms with Gasteiger partial charge in [0.2, 0.25) is 0 Å². The first kappa shape index (κ1) is 14.6. The minimum absolute atomic E-state index is 0.229. The van der Waals surface area contributed by atoms with Crippen LogP contribution in [0.25, 0.3) is 0 Å². The average Bonchev–Trinajstić information content (AvgIpc) is 2.32. The summed E-state index contributed by atoms with van der Waals surface area (Å²) in [4.78, 5) is 0. The highest BCUT2D eigenvalue weighted by Crippen LogP contribution is 2.19. The van der Waals surface area contributed by atoms with Crippen LogP contribution in [0.2, 0.25) is 0 Å². The van der Waals surface area contributed by atoms with Crippen molar-refractivity contribution in [3.8, 4) is 0 Å². The van der Waals surface area contributed by atoms with E-state index in [2.05, 4.69) is 35.2 Å². The fourth-order valence-electron chi connectivity index (χ4n) is 1.81. The molecule has 2 nitrogen and oxygen atoms in total. The van der Waals surface area contributed by atoms with Gasteiger partial charge in [0.25, 0.3) is 0 Å². The van der Waals surface area contributed by atoms with Crippen molar-refractivity contribution in [1.29, 1.82) is 0 Å². The Bertz CT molecular complexity index is 357. The van der Waals surface area contributed by atoms with Crippen LogP contribution in [0.3, 0.4) is 0 Å². The van der Waals surface area contributed by atoms with Gasteiger partial charge < -0.3 is 0 Å². The predicted molar refractivity (Wildman–Crippen MR) is 73.0 cm³/mol. The topological polar surface area (TPSA) is 38.0 Å². The van der Waals surface area contributed by atoms with E-state index in [-0.39, 0.29) is 11.9 Å². The molecule has 0 saturated heterocycles. The molecule has 17 heavy (non-hydrogen) atoms. The first-order valence-corrected chi connectivity index (χ1v) is 6.76. The lowest BCUT2D eigenvalue weighted by Gasteiger charge is -2.19. The van der Waals surface area contributed by atoms with Gasteiger partial charge >= 0.3 is 0 Å². The molecule has 0 fully saturated rings. The van der Waals surface area contributed by atoms with E-state index in [1.165, 1.54) is 6.07 Å². The fraction of sp³-hybridized carbons (Fsp3) is 0.538. The summed E-state index contributed by atoms with van der Waals surface area (Å²) in [6.45, 7) is 4.39. The molecule has 1 aromatic rings. The summed E-state index contributed by atoms with van der Waals surface area (Å²) in [5.41, 5.74) is 3.93. The lowest BCUT2D eigenvalue weighted by molar-refractivity contribution is 0.396. The van der Waals surface area contributed by atoms with Gasteiger partial charge in [0.1, 0.15) is 5.82 Å². The Morgan fingerprint density at radius 3 is 2.71 bits per heavy atom. The van der Waals surface area contributed by atoms with E-state index in [0.29, 0.717) is 10.4 Å². The maximum atomic E-state index is 13.1. The Hall–Kier alpha value is -0.450. The molecule has 0 heterocycles. The highest BCUT2D eigenvalue weighted by molar-refractivity contribution is 9.10. The van der Waals surface area contributed by atoms with Crippen molar-refractivity contribution in [3.63, 3.8) is 0 Å². The molecule has 2 atom stereocenters. The van der Waals surface area contributed by atoms with Crippen LogP contribution in [0, 0.1) is 11.7 Å². The zero-order valence-electron chi connectivity index (χ0n) is 10.3. The largest absolute Gasteiger partial charge is 0.271 e. The van der Waals surface area contributed by atoms with Crippen LogP contribution < -0.4 is 11.3 Å². The van der Waals surface area contributed by atoms with Gasteiger partial charge in [-0.25, -0.2) is 4.39 Å². The van der Waals surface area contributed by atoms with Crippen molar-refractivity contribution in [2.24, 2.45) is 11.8 Å². The van der Waals surface area contributed by atoms with Gasteiger partial charge in [-0.15, -0.1) is 0 Å². The quantitative estimate of drug-likeness (QED) is 0.624. The fourth-order valence-corrected chi connectivity index (χ4v) is 2.24. The molecule has 1 aromatic carbocycles. The molecule has 0 aliphatic carbocycles. The molecule has 96 valence electrons. The van der Waals surface area contributed by atoms with Crippen LogP contribution >= 0.6 is 15.9 Å². The SMILES string of the molecule is CCC(C)CC(Cc1ccc(F)c(Br)c1)NN. The molecule has 0 aromatic heterocycles. The second kappa shape index (κ2) is 7.09. The maximum Gasteiger partial charge on any atom is 0.137 e. The van der Waals surface area contributed by atoms with Crippen molar-refractivity contribution >= 4 is 15.9 Å². The zero-order valence-corrected chi connectivity index (χ0v) is 11.9. The highest BCUT2D eigenvalue weighted by atomic mass is 79.9. The minimum atomic E-state index is -0.229. The number of nitrogens with two attached hydrogens (primary N) is 1. The first-order chi connectivity index (χ1) is 8.06. The molecule has 4 heteroatoms. The molecule has 0 saturated carbocycles. The van der Waals surface area contributed by atoms with Gasteiger partial charge in [0.05, 0.1) is 4.47 Å². The number of hydrazine groups is 1. The molecule has 0 aliphatic heterocycles. The van der Waals surface area contributed by atoms with Crippen molar-refractivity contribution in [3.05, 3.63) is 34.1 Å². The Morgan fingerprint density at radius 1 is 1.47 bits per heavy atom. The molecule has 0 bridgehead atoms. The Kier molecular flexibility index (Phi) is 6.09. The second-order valence-corrected chi connectivity index (χ2v) is 5.42. The third-order valence-corrected chi connectivity index (χ3v) is 3.69. The summed E-state index contributed by atoms with van der Waals surface area (Å²) in [6.07, 6.45) is 2.99. The van der Waals surface area contributed by atoms with E-state index in [1.807, 2.05) is 6.07 Å². The van der Waals surface area contributed by atoms with Gasteiger partial charge in [-0.05, 0) is 52.4 Å². The van der Waals surface area contributed by atoms with Gasteiger partial charge in [-0.2, -0.15) is 0 Å². The Labute approximate surface area is 111 Å². The van der Waals surface area contributed by atoms with Crippen LogP contribution in [0.1, 0.15) is 32.3 Å². The van der Waals surface area contributed by atoms with Crippen molar-refractivity contribution in [2.75, 3.05) is 0 Å². The number of nitrogens with one attached hydrogen (secondary N) is 1. The van der Waals surface area contributed by atoms with E-state index < -0.39 is 0 Å². The molecule has 0 amide bonds. The maximum absolute atomic E-state index is 13.1. The molecule has 0 spiro atoms. The van der Waals surface area contributed by atoms with Crippen LogP contribution in [0.5, 0.6) is 0 Å². The lowest BCUT2D eigenvalue weighted by atomic mass is 9.95. The number of benzene rings is 1. The van der Waals surface area contributed by atoms with Gasteiger partial charge in [0.15, 0.2) is 0 Å². The van der Waals surface area contributed by atoms with Crippen LogP contribution in [-0.2, 0) is 6.42 Å². The van der Waals surface area contributed by atoms with E-state index in [4.69, 9.17) is 5.84 Å². The molecule has 3 N–H and O–H groups in total. The summed E-state index contributed by atoms with van der Waals surface area (Å²) in [7, 11) is 0. The van der Waals surface area contributed by atoms with Crippen molar-refractivity contribution in [1.82, 2.24) is 5.43 Å². The van der Waals surface area contributed by atoms with Gasteiger partial charge in [-0.1, -0.05) is 26.3 Å². The summed E-state index contributed by atoms with van der Waals surface area (Å²) >= 11 is 3.20. The third-order valence-electron chi connectivity index (χ3n) is 3.09. The van der Waals surface area contributed by atoms with Crippen LogP contribution in [0.15, 0.2) is 22.7 Å². The molecule has 0 radical (unpaired) electrons. The van der Waals surface area contributed by atoms with Crippen LogP contribution in [0.4, 0.5) is 4.39 Å². The molecule has 0 aliphatic rings. The standard InChI is InChI=1S/C13H20BrFN2/c1-3-9(2)6-11(17-16)7-10-4-5-13(15)12(14)8-10/h4-5,8-9,11,17H,3,6-7,16H2,1-2H3. The summed E-state index contributed by atoms with van der Waals surface area (Å²) < 4.78 is 13.6. The smallest absolute Gasteiger partial charge is 0.137 e. The number of hydrogen-bond acceptors (Lipinski definition) is 2. The third kappa shape index (κ3) is 4.74. The molecular weight excluding hydrogens is 283 g/mol. The summed E-state index contributed by atoms with van der Waals surface area (Å²) in [5, 5.41) is 0. The van der Waals surface area contributed by atoms with Crippen molar-refractivity contribution < 1.29 is 4.39 Å². The Morgan fingerprint density at radius 2 is 2.18 bits per heavy atom. The molecule has 2 unspecified atom stereocenters. The first-order valence-electron chi connectivity index (χ1n) is 5.96. The van der Waals surface area contributed by atoms with Crippen LogP contribution in [-0.4, -0.2) is 6.04 Å². The highest BCUT2D eigenvalue weighted by Gasteiger charge is 2.12. The lowest BCUT2D eigenvalue weighted by Crippen LogP contribution is -2.38. The average molecular weight is 303 g/mol. The normalized spacial score (nSPS) is 14.6. The second-order valence-electron chi connectivity index (χ2n) is 4.57. The van der Waals surface area contributed by atoms with E-state index in [0.717, 1.165) is 24.8 Å². The number of halogens is 2. The van der Waals surface area contributed by atoms with Gasteiger partial charge in [0, 0.05) is 6.04 Å². The Balaban J connectivity index is 2.63. The number of hydrogen-bond donors (Lipinski definition) is 2. The predicted octanol–water partition coefficient (Wildman–Crippen LogP) is 3.40. The number of rotatable bonds is 6. The van der Waals surface area contributed by atoms with E-state index in [9.17, 15) is 4.39 Å². The minimum Gasteiger partial charge on any atom is -0.271 e. The summed E-state index contributed by atoms with van der Waals surface area (Å²) in [6, 6.07) is 5.34. The monoisotopic (exact) mass is 302 g/mol.